The van der Waals surface area contributed by atoms with Crippen molar-refractivity contribution < 1.29 is 9.53 Å². The van der Waals surface area contributed by atoms with Gasteiger partial charge in [0, 0.05) is 6.54 Å². The van der Waals surface area contributed by atoms with Crippen LogP contribution < -0.4 is 5.32 Å². The number of hydrogen-bond donors (Lipinski definition) is 1. The molecule has 0 bridgehead atoms. The summed E-state index contributed by atoms with van der Waals surface area (Å²) in [5, 5.41) is 3.15. The van der Waals surface area contributed by atoms with Crippen LogP contribution >= 0.6 is 0 Å². The van der Waals surface area contributed by atoms with E-state index in [0.717, 1.165) is 11.1 Å². The Labute approximate surface area is 102 Å². The molecule has 0 amide bonds. The fourth-order valence-corrected chi connectivity index (χ4v) is 1.50. The maximum atomic E-state index is 11.7. The van der Waals surface area contributed by atoms with Crippen molar-refractivity contribution in [2.45, 2.75) is 26.4 Å². The molecule has 0 saturated heterocycles. The number of nitrogens with one attached hydrogen (secondary N) is 1. The van der Waals surface area contributed by atoms with Crippen molar-refractivity contribution in [1.82, 2.24) is 5.32 Å². The molecule has 0 aliphatic carbocycles. The topological polar surface area (TPSA) is 38.3 Å². The van der Waals surface area contributed by atoms with Crippen LogP contribution in [0.25, 0.3) is 0 Å². The lowest BCUT2D eigenvalue weighted by atomic mass is 10.1. The predicted molar refractivity (Wildman–Crippen MR) is 68.5 cm³/mol. The molecule has 1 rings (SSSR count). The molecule has 0 aliphatic rings. The van der Waals surface area contributed by atoms with Crippen LogP contribution in [0, 0.1) is 0 Å². The molecule has 0 aliphatic heterocycles. The Morgan fingerprint density at radius 3 is 2.59 bits per heavy atom. The first-order valence-corrected chi connectivity index (χ1v) is 5.74. The van der Waals surface area contributed by atoms with Crippen LogP contribution in [0.1, 0.15) is 19.4 Å². The predicted octanol–water partition coefficient (Wildman–Crippen LogP) is 2.28. The summed E-state index contributed by atoms with van der Waals surface area (Å²) < 4.78 is 4.99. The fraction of sp³-hybridized carbons (Fsp3) is 0.357. The van der Waals surface area contributed by atoms with E-state index >= 15 is 0 Å². The van der Waals surface area contributed by atoms with E-state index in [1.165, 1.54) is 0 Å². The third-order valence-corrected chi connectivity index (χ3v) is 2.37. The quantitative estimate of drug-likeness (QED) is 0.605. The standard InChI is InChI=1S/C14H19NO2/c1-4-17-14(16)13(11(2)3)15-10-12-8-6-5-7-9-12/h5-9,13,15H,2,4,10H2,1,3H3. The molecule has 0 saturated carbocycles. The van der Waals surface area contributed by atoms with E-state index in [4.69, 9.17) is 4.74 Å². The van der Waals surface area contributed by atoms with Crippen LogP contribution in [0.2, 0.25) is 0 Å². The van der Waals surface area contributed by atoms with Gasteiger partial charge in [0.1, 0.15) is 6.04 Å². The Balaban J connectivity index is 2.56. The van der Waals surface area contributed by atoms with Crippen LogP contribution in [0.5, 0.6) is 0 Å². The van der Waals surface area contributed by atoms with Crippen molar-refractivity contribution in [3.63, 3.8) is 0 Å². The van der Waals surface area contributed by atoms with Crippen molar-refractivity contribution >= 4 is 5.97 Å². The van der Waals surface area contributed by atoms with Gasteiger partial charge in [-0.25, -0.2) is 4.79 Å². The minimum atomic E-state index is -0.435. The number of rotatable bonds is 6. The largest absolute Gasteiger partial charge is 0.465 e. The van der Waals surface area contributed by atoms with Gasteiger partial charge in [-0.15, -0.1) is 0 Å². The summed E-state index contributed by atoms with van der Waals surface area (Å²) in [6.45, 7) is 8.43. The zero-order valence-electron chi connectivity index (χ0n) is 10.4. The summed E-state index contributed by atoms with van der Waals surface area (Å²) in [6.07, 6.45) is 0. The van der Waals surface area contributed by atoms with Crippen molar-refractivity contribution in [1.29, 1.82) is 0 Å². The van der Waals surface area contributed by atoms with Gasteiger partial charge in [-0.3, -0.25) is 5.32 Å². The Morgan fingerprint density at radius 2 is 2.06 bits per heavy atom. The Morgan fingerprint density at radius 1 is 1.41 bits per heavy atom. The van der Waals surface area contributed by atoms with Gasteiger partial charge in [0.25, 0.3) is 0 Å². The second kappa shape index (κ2) is 6.86. The second-order valence-electron chi connectivity index (χ2n) is 3.90. The van der Waals surface area contributed by atoms with Gasteiger partial charge in [0.05, 0.1) is 6.61 Å². The zero-order valence-corrected chi connectivity index (χ0v) is 10.4. The van der Waals surface area contributed by atoms with E-state index in [0.29, 0.717) is 13.2 Å². The van der Waals surface area contributed by atoms with Crippen LogP contribution in [0.15, 0.2) is 42.5 Å². The minimum absolute atomic E-state index is 0.268. The summed E-state index contributed by atoms with van der Waals surface area (Å²) in [5.41, 5.74) is 1.89. The molecular weight excluding hydrogens is 214 g/mol. The number of hydrogen-bond acceptors (Lipinski definition) is 3. The molecule has 1 unspecified atom stereocenters. The highest BCUT2D eigenvalue weighted by Crippen LogP contribution is 2.04. The van der Waals surface area contributed by atoms with Gasteiger partial charge in [-0.2, -0.15) is 0 Å². The van der Waals surface area contributed by atoms with Crippen LogP contribution in [-0.4, -0.2) is 18.6 Å². The highest BCUT2D eigenvalue weighted by atomic mass is 16.5. The first-order valence-electron chi connectivity index (χ1n) is 5.74. The fourth-order valence-electron chi connectivity index (χ4n) is 1.50. The van der Waals surface area contributed by atoms with Crippen molar-refractivity contribution in [3.05, 3.63) is 48.0 Å². The van der Waals surface area contributed by atoms with E-state index in [1.807, 2.05) is 37.3 Å². The highest BCUT2D eigenvalue weighted by Gasteiger charge is 2.19. The van der Waals surface area contributed by atoms with E-state index < -0.39 is 6.04 Å². The molecule has 3 nitrogen and oxygen atoms in total. The summed E-state index contributed by atoms with van der Waals surface area (Å²) in [6, 6.07) is 9.48. The number of ether oxygens (including phenoxy) is 1. The average Bonchev–Trinajstić information content (AvgIpc) is 2.30. The highest BCUT2D eigenvalue weighted by molar-refractivity contribution is 5.79. The van der Waals surface area contributed by atoms with E-state index in [1.54, 1.807) is 6.92 Å². The maximum Gasteiger partial charge on any atom is 0.327 e. The molecule has 0 heterocycles. The number of benzene rings is 1. The first-order chi connectivity index (χ1) is 8.15. The zero-order chi connectivity index (χ0) is 12.7. The molecule has 0 fully saturated rings. The Bertz CT molecular complexity index is 373. The van der Waals surface area contributed by atoms with E-state index in [2.05, 4.69) is 11.9 Å². The lowest BCUT2D eigenvalue weighted by Gasteiger charge is -2.17. The van der Waals surface area contributed by atoms with Crippen molar-refractivity contribution in [3.8, 4) is 0 Å². The van der Waals surface area contributed by atoms with Crippen LogP contribution in [0.3, 0.4) is 0 Å². The van der Waals surface area contributed by atoms with Gasteiger partial charge in [0.2, 0.25) is 0 Å². The molecule has 1 atom stereocenters. The molecule has 17 heavy (non-hydrogen) atoms. The van der Waals surface area contributed by atoms with E-state index in [9.17, 15) is 4.79 Å². The molecule has 0 spiro atoms. The van der Waals surface area contributed by atoms with Crippen LogP contribution in [0.4, 0.5) is 0 Å². The Hall–Kier alpha value is -1.61. The second-order valence-corrected chi connectivity index (χ2v) is 3.90. The Kier molecular flexibility index (Phi) is 5.43. The number of esters is 1. The van der Waals surface area contributed by atoms with Gasteiger partial charge in [0.15, 0.2) is 0 Å². The van der Waals surface area contributed by atoms with Crippen molar-refractivity contribution in [2.75, 3.05) is 6.61 Å². The van der Waals surface area contributed by atoms with Gasteiger partial charge >= 0.3 is 5.97 Å². The SMILES string of the molecule is C=C(C)C(NCc1ccccc1)C(=O)OCC. The first kappa shape index (κ1) is 13.5. The van der Waals surface area contributed by atoms with Gasteiger partial charge in [-0.05, 0) is 19.4 Å². The lowest BCUT2D eigenvalue weighted by Crippen LogP contribution is -2.38. The minimum Gasteiger partial charge on any atom is -0.465 e. The normalized spacial score (nSPS) is 11.9. The third kappa shape index (κ3) is 4.41. The molecule has 0 aromatic heterocycles. The molecule has 1 aromatic carbocycles. The summed E-state index contributed by atoms with van der Waals surface area (Å²) in [5.74, 6) is -0.268. The number of carbonyl (C=O) groups is 1. The monoisotopic (exact) mass is 233 g/mol. The third-order valence-electron chi connectivity index (χ3n) is 2.37. The van der Waals surface area contributed by atoms with Crippen LogP contribution in [-0.2, 0) is 16.1 Å². The average molecular weight is 233 g/mol. The number of carbonyl (C=O) groups excluding carboxylic acids is 1. The molecule has 92 valence electrons. The lowest BCUT2D eigenvalue weighted by molar-refractivity contribution is -0.144. The summed E-state index contributed by atoms with van der Waals surface area (Å²) in [7, 11) is 0. The molecule has 1 N–H and O–H groups in total. The van der Waals surface area contributed by atoms with Gasteiger partial charge in [-0.1, -0.05) is 42.5 Å². The van der Waals surface area contributed by atoms with Gasteiger partial charge < -0.3 is 4.74 Å². The van der Waals surface area contributed by atoms with Crippen molar-refractivity contribution in [2.24, 2.45) is 0 Å². The molecular formula is C14H19NO2. The maximum absolute atomic E-state index is 11.7. The molecule has 1 aromatic rings. The molecule has 0 radical (unpaired) electrons. The van der Waals surface area contributed by atoms with E-state index in [-0.39, 0.29) is 5.97 Å². The summed E-state index contributed by atoms with van der Waals surface area (Å²) >= 11 is 0. The molecule has 3 heteroatoms. The smallest absolute Gasteiger partial charge is 0.327 e. The summed E-state index contributed by atoms with van der Waals surface area (Å²) in [4.78, 5) is 11.7.